The fraction of sp³-hybridized carbons (Fsp3) is 0.143. The van der Waals surface area contributed by atoms with Gasteiger partial charge in [-0.1, -0.05) is 72.2 Å². The van der Waals surface area contributed by atoms with Crippen LogP contribution in [-0.4, -0.2) is 53.4 Å². The molecule has 0 unspecified atom stereocenters. The third-order valence-corrected chi connectivity index (χ3v) is 9.86. The molecule has 0 radical (unpaired) electrons. The number of hydrogen-bond acceptors (Lipinski definition) is 10. The molecule has 2 aromatic carbocycles. The number of benzene rings is 2. The monoisotopic (exact) mass is 696 g/mol. The van der Waals surface area contributed by atoms with Gasteiger partial charge in [-0.05, 0) is 82.9 Å². The van der Waals surface area contributed by atoms with Gasteiger partial charge in [0.05, 0.1) is 36.1 Å². The van der Waals surface area contributed by atoms with E-state index in [1.807, 2.05) is 84.9 Å². The summed E-state index contributed by atoms with van der Waals surface area (Å²) in [7, 11) is 0. The molecule has 6 rings (SSSR count). The Morgan fingerprint density at radius 2 is 0.979 bits per heavy atom. The van der Waals surface area contributed by atoms with E-state index in [0.29, 0.717) is 51.2 Å². The Bertz CT molecular complexity index is 1700. The van der Waals surface area contributed by atoms with E-state index in [-0.39, 0.29) is 11.8 Å². The van der Waals surface area contributed by atoms with Crippen molar-refractivity contribution in [1.29, 1.82) is 0 Å². The lowest BCUT2D eigenvalue weighted by Crippen LogP contribution is -2.27. The first-order chi connectivity index (χ1) is 22.9. The predicted octanol–water partition coefficient (Wildman–Crippen LogP) is 7.13. The minimum Gasteiger partial charge on any atom is -0.493 e. The number of thiocarbonyl (C=S) groups is 2. The molecule has 2 aliphatic rings. The average Bonchev–Trinajstić information content (AvgIpc) is 3.50. The van der Waals surface area contributed by atoms with Crippen LogP contribution in [0.4, 0.5) is 0 Å². The Hall–Kier alpha value is -4.36. The van der Waals surface area contributed by atoms with Gasteiger partial charge in [0, 0.05) is 31.2 Å². The molecule has 2 aromatic heterocycles. The Morgan fingerprint density at radius 1 is 0.596 bits per heavy atom. The summed E-state index contributed by atoms with van der Waals surface area (Å²) >= 11 is 13.5. The third-order valence-electron chi connectivity index (χ3n) is 7.11. The normalized spacial score (nSPS) is 16.5. The van der Waals surface area contributed by atoms with Crippen molar-refractivity contribution in [2.45, 2.75) is 19.5 Å². The van der Waals surface area contributed by atoms with Gasteiger partial charge < -0.3 is 9.47 Å². The molecule has 236 valence electrons. The lowest BCUT2D eigenvalue weighted by molar-refractivity contribution is -0.123. The summed E-state index contributed by atoms with van der Waals surface area (Å²) in [6.45, 7) is 1.84. The van der Waals surface area contributed by atoms with Gasteiger partial charge in [-0.15, -0.1) is 0 Å². The van der Waals surface area contributed by atoms with Gasteiger partial charge in [0.2, 0.25) is 0 Å². The van der Waals surface area contributed by atoms with E-state index in [4.69, 9.17) is 33.9 Å². The van der Waals surface area contributed by atoms with E-state index in [1.54, 1.807) is 34.6 Å². The number of hydrogen-bond donors (Lipinski definition) is 0. The second kappa shape index (κ2) is 15.5. The Kier molecular flexibility index (Phi) is 10.7. The first kappa shape index (κ1) is 32.6. The molecule has 2 saturated heterocycles. The largest absolute Gasteiger partial charge is 0.493 e. The summed E-state index contributed by atoms with van der Waals surface area (Å²) in [5, 5.41) is 0. The van der Waals surface area contributed by atoms with Crippen molar-refractivity contribution in [3.8, 4) is 11.5 Å². The first-order valence-electron chi connectivity index (χ1n) is 14.7. The molecule has 4 aromatic rings. The number of carbonyl (C=O) groups is 2. The van der Waals surface area contributed by atoms with Gasteiger partial charge in [0.25, 0.3) is 11.8 Å². The quantitative estimate of drug-likeness (QED) is 0.0867. The number of thioether (sulfide) groups is 2. The highest BCUT2D eigenvalue weighted by Gasteiger charge is 2.33. The van der Waals surface area contributed by atoms with Crippen LogP contribution < -0.4 is 9.47 Å². The maximum Gasteiger partial charge on any atom is 0.266 e. The SMILES string of the molecule is O=C1/C(=C/c2ccc(OCCCOc3ccc(/C=C4\SC(=S)N(Cc5ccncc5)C4=O)cc3)cc2)SC(=S)N1Cc1ccncc1. The van der Waals surface area contributed by atoms with Crippen LogP contribution in [-0.2, 0) is 22.7 Å². The van der Waals surface area contributed by atoms with Crippen LogP contribution in [0.2, 0.25) is 0 Å². The molecular weight excluding hydrogens is 669 g/mol. The van der Waals surface area contributed by atoms with Crippen LogP contribution in [0, 0.1) is 0 Å². The summed E-state index contributed by atoms with van der Waals surface area (Å²) in [4.78, 5) is 38.3. The average molecular weight is 697 g/mol. The highest BCUT2D eigenvalue weighted by atomic mass is 32.2. The zero-order valence-corrected chi connectivity index (χ0v) is 28.2. The van der Waals surface area contributed by atoms with Crippen molar-refractivity contribution in [2.24, 2.45) is 0 Å². The highest BCUT2D eigenvalue weighted by molar-refractivity contribution is 8.27. The first-order valence-corrected chi connectivity index (χ1v) is 17.1. The van der Waals surface area contributed by atoms with Crippen molar-refractivity contribution >= 4 is 80.6 Å². The molecule has 8 nitrogen and oxygen atoms in total. The van der Waals surface area contributed by atoms with Crippen molar-refractivity contribution in [1.82, 2.24) is 19.8 Å². The van der Waals surface area contributed by atoms with Gasteiger partial charge >= 0.3 is 0 Å². The fourth-order valence-corrected chi connectivity index (χ4v) is 7.19. The molecule has 0 saturated carbocycles. The van der Waals surface area contributed by atoms with Crippen LogP contribution in [0.1, 0.15) is 28.7 Å². The smallest absolute Gasteiger partial charge is 0.266 e. The van der Waals surface area contributed by atoms with E-state index in [0.717, 1.165) is 33.8 Å². The minimum absolute atomic E-state index is 0.0967. The highest BCUT2D eigenvalue weighted by Crippen LogP contribution is 2.35. The van der Waals surface area contributed by atoms with Crippen LogP contribution in [0.5, 0.6) is 11.5 Å². The minimum atomic E-state index is -0.0967. The van der Waals surface area contributed by atoms with Gasteiger partial charge in [-0.3, -0.25) is 29.4 Å². The number of nitrogens with zero attached hydrogens (tertiary/aromatic N) is 4. The maximum atomic E-state index is 12.9. The lowest BCUT2D eigenvalue weighted by Gasteiger charge is -2.14. The zero-order valence-electron chi connectivity index (χ0n) is 25.0. The molecule has 0 spiro atoms. The Morgan fingerprint density at radius 3 is 1.36 bits per heavy atom. The summed E-state index contributed by atoms with van der Waals surface area (Å²) in [6, 6.07) is 22.7. The molecule has 0 atom stereocenters. The number of ether oxygens (including phenoxy) is 2. The maximum absolute atomic E-state index is 12.9. The predicted molar refractivity (Wildman–Crippen MR) is 194 cm³/mol. The standard InChI is InChI=1S/C35H28N4O4S4/c40-32-30(46-34(44)38(32)22-26-10-14-36-15-11-26)20-24-2-6-28(7-3-24)42-18-1-19-43-29-8-4-25(5-9-29)21-31-33(41)39(35(45)47-31)23-27-12-16-37-17-13-27/h2-17,20-21H,1,18-19,22-23H2/b30-20-,31-21-. The molecular formula is C35H28N4O4S4. The number of aromatic nitrogens is 2. The van der Waals surface area contributed by atoms with Gasteiger partial charge in [-0.2, -0.15) is 0 Å². The second-order valence-corrected chi connectivity index (χ2v) is 13.8. The summed E-state index contributed by atoms with van der Waals surface area (Å²) in [5.41, 5.74) is 3.74. The fourth-order valence-electron chi connectivity index (χ4n) is 4.68. The van der Waals surface area contributed by atoms with Crippen LogP contribution in [0.3, 0.4) is 0 Å². The molecule has 0 bridgehead atoms. The van der Waals surface area contributed by atoms with E-state index >= 15 is 0 Å². The lowest BCUT2D eigenvalue weighted by atomic mass is 10.2. The van der Waals surface area contributed by atoms with E-state index in [1.165, 1.54) is 23.5 Å². The number of pyridine rings is 2. The van der Waals surface area contributed by atoms with Crippen molar-refractivity contribution in [3.63, 3.8) is 0 Å². The van der Waals surface area contributed by atoms with Crippen LogP contribution in [0.25, 0.3) is 12.2 Å². The van der Waals surface area contributed by atoms with Crippen molar-refractivity contribution in [3.05, 3.63) is 130 Å². The summed E-state index contributed by atoms with van der Waals surface area (Å²) in [5.74, 6) is 1.28. The van der Waals surface area contributed by atoms with Crippen molar-refractivity contribution < 1.29 is 19.1 Å². The van der Waals surface area contributed by atoms with Gasteiger partial charge in [-0.25, -0.2) is 0 Å². The Balaban J connectivity index is 0.929. The molecule has 0 N–H and O–H groups in total. The molecule has 12 heteroatoms. The number of carbonyl (C=O) groups excluding carboxylic acids is 2. The molecule has 47 heavy (non-hydrogen) atoms. The molecule has 2 fully saturated rings. The van der Waals surface area contributed by atoms with Crippen LogP contribution >= 0.6 is 48.0 Å². The molecule has 0 aliphatic carbocycles. The van der Waals surface area contributed by atoms with Gasteiger partial charge in [0.15, 0.2) is 0 Å². The summed E-state index contributed by atoms with van der Waals surface area (Å²) < 4.78 is 12.9. The third kappa shape index (κ3) is 8.52. The van der Waals surface area contributed by atoms with Crippen LogP contribution in [0.15, 0.2) is 107 Å². The van der Waals surface area contributed by atoms with E-state index in [2.05, 4.69) is 9.97 Å². The Labute approximate surface area is 291 Å². The number of amides is 2. The van der Waals surface area contributed by atoms with Crippen molar-refractivity contribution in [2.75, 3.05) is 13.2 Å². The second-order valence-electron chi connectivity index (χ2n) is 10.4. The van der Waals surface area contributed by atoms with Gasteiger partial charge in [0.1, 0.15) is 20.1 Å². The topological polar surface area (TPSA) is 84.9 Å². The van der Waals surface area contributed by atoms with E-state index < -0.39 is 0 Å². The molecule has 2 amide bonds. The molecule has 2 aliphatic heterocycles. The zero-order chi connectivity index (χ0) is 32.6. The molecule has 4 heterocycles. The van der Waals surface area contributed by atoms with E-state index in [9.17, 15) is 9.59 Å². The summed E-state index contributed by atoms with van der Waals surface area (Å²) in [6.07, 6.45) is 11.2. The number of rotatable bonds is 12.